The molecular weight excluding hydrogens is 350 g/mol. The Morgan fingerprint density at radius 3 is 2.21 bits per heavy atom. The molecule has 1 amide bonds. The summed E-state index contributed by atoms with van der Waals surface area (Å²) in [5.74, 6) is 0.643. The number of amides is 1. The summed E-state index contributed by atoms with van der Waals surface area (Å²) in [4.78, 5) is 12.4. The maximum absolute atomic E-state index is 12.4. The molecule has 1 N–H and O–H groups in total. The van der Waals surface area contributed by atoms with Crippen molar-refractivity contribution in [3.8, 4) is 0 Å². The smallest absolute Gasteiger partial charge is 0.411 e. The predicted molar refractivity (Wildman–Crippen MR) is 110 cm³/mol. The number of carbonyl (C=O) groups is 1. The zero-order valence-corrected chi connectivity index (χ0v) is 16.7. The molecule has 4 rings (SSSR count). The first-order valence-corrected chi connectivity index (χ1v) is 9.93. The van der Waals surface area contributed by atoms with Gasteiger partial charge in [-0.15, -0.1) is 0 Å². The van der Waals surface area contributed by atoms with E-state index < -0.39 is 0 Å². The third-order valence-electron chi connectivity index (χ3n) is 7.11. The van der Waals surface area contributed by atoms with E-state index in [2.05, 4.69) is 36.3 Å². The van der Waals surface area contributed by atoms with Crippen LogP contribution in [0, 0.1) is 16.7 Å². The van der Waals surface area contributed by atoms with E-state index in [0.29, 0.717) is 11.6 Å². The first-order chi connectivity index (χ1) is 13.4. The Bertz CT molecular complexity index is 876. The van der Waals surface area contributed by atoms with Crippen molar-refractivity contribution in [1.82, 2.24) is 0 Å². The lowest BCUT2D eigenvalue weighted by Gasteiger charge is -2.38. The van der Waals surface area contributed by atoms with Gasteiger partial charge >= 0.3 is 6.09 Å². The van der Waals surface area contributed by atoms with Gasteiger partial charge < -0.3 is 4.74 Å². The lowest BCUT2D eigenvalue weighted by atomic mass is 9.70. The molecular formula is C23H27N3O2. The van der Waals surface area contributed by atoms with E-state index in [4.69, 9.17) is 4.74 Å². The fourth-order valence-corrected chi connectivity index (χ4v) is 4.81. The minimum absolute atomic E-state index is 0.0137. The van der Waals surface area contributed by atoms with Crippen molar-refractivity contribution in [3.05, 3.63) is 54.6 Å². The molecule has 0 heterocycles. The van der Waals surface area contributed by atoms with Gasteiger partial charge in [-0.1, -0.05) is 39.0 Å². The molecule has 28 heavy (non-hydrogen) atoms. The van der Waals surface area contributed by atoms with Crippen LogP contribution in [0.3, 0.4) is 0 Å². The summed E-state index contributed by atoms with van der Waals surface area (Å²) in [6.07, 6.45) is 2.94. The van der Waals surface area contributed by atoms with Gasteiger partial charge in [-0.05, 0) is 67.0 Å². The molecule has 0 radical (unpaired) electrons. The highest BCUT2D eigenvalue weighted by Crippen LogP contribution is 2.66. The second kappa shape index (κ2) is 7.04. The zero-order valence-electron chi connectivity index (χ0n) is 16.7. The van der Waals surface area contributed by atoms with Crippen molar-refractivity contribution >= 4 is 23.2 Å². The van der Waals surface area contributed by atoms with Gasteiger partial charge in [0.1, 0.15) is 6.10 Å². The van der Waals surface area contributed by atoms with Gasteiger partial charge in [0, 0.05) is 11.1 Å². The molecule has 3 atom stereocenters. The van der Waals surface area contributed by atoms with E-state index in [9.17, 15) is 4.79 Å². The van der Waals surface area contributed by atoms with E-state index in [0.717, 1.165) is 24.2 Å². The minimum Gasteiger partial charge on any atom is -0.445 e. The molecule has 2 aliphatic rings. The molecule has 146 valence electrons. The molecule has 5 heteroatoms. The molecule has 0 saturated heterocycles. The molecule has 2 aromatic rings. The van der Waals surface area contributed by atoms with Crippen molar-refractivity contribution < 1.29 is 9.53 Å². The standard InChI is InChI=1S/C23H27N3O2/c1-22(2)16-13-14-23(22,3)20(15-16)28-21(27)24-17-9-11-19(12-10-17)26-25-18-7-5-4-6-8-18/h4-12,16,20H,13-15H2,1-3H3,(H,24,27). The summed E-state index contributed by atoms with van der Waals surface area (Å²) in [7, 11) is 0. The number of anilines is 1. The van der Waals surface area contributed by atoms with Gasteiger partial charge in [-0.2, -0.15) is 10.2 Å². The predicted octanol–water partition coefficient (Wildman–Crippen LogP) is 6.87. The van der Waals surface area contributed by atoms with E-state index in [1.807, 2.05) is 54.6 Å². The average molecular weight is 377 g/mol. The number of nitrogens with one attached hydrogen (secondary N) is 1. The topological polar surface area (TPSA) is 63.0 Å². The quantitative estimate of drug-likeness (QED) is 0.591. The zero-order chi connectivity index (χ0) is 19.8. The molecule has 0 spiro atoms. The number of ether oxygens (including phenoxy) is 1. The molecule has 0 aliphatic heterocycles. The SMILES string of the molecule is CC1(C)C2CCC1(C)C(OC(=O)Nc1ccc(N=Nc3ccccc3)cc1)C2. The van der Waals surface area contributed by atoms with Crippen molar-refractivity contribution in [2.75, 3.05) is 5.32 Å². The molecule has 2 aromatic carbocycles. The molecule has 2 fully saturated rings. The van der Waals surface area contributed by atoms with Gasteiger partial charge in [0.05, 0.1) is 11.4 Å². The molecule has 3 unspecified atom stereocenters. The lowest BCUT2D eigenvalue weighted by molar-refractivity contribution is 0.00148. The van der Waals surface area contributed by atoms with E-state index in [-0.39, 0.29) is 23.0 Å². The van der Waals surface area contributed by atoms with Crippen molar-refractivity contribution in [2.45, 2.75) is 46.1 Å². The highest BCUT2D eigenvalue weighted by atomic mass is 16.6. The van der Waals surface area contributed by atoms with Gasteiger partial charge in [0.15, 0.2) is 0 Å². The second-order valence-electron chi connectivity index (χ2n) is 8.71. The molecule has 5 nitrogen and oxygen atoms in total. The fraction of sp³-hybridized carbons (Fsp3) is 0.435. The Balaban J connectivity index is 1.35. The summed E-state index contributed by atoms with van der Waals surface area (Å²) < 4.78 is 5.83. The number of carbonyl (C=O) groups excluding carboxylic acids is 1. The number of azo groups is 1. The summed E-state index contributed by atoms with van der Waals surface area (Å²) in [6, 6.07) is 16.8. The number of benzene rings is 2. The molecule has 2 aliphatic carbocycles. The summed E-state index contributed by atoms with van der Waals surface area (Å²) >= 11 is 0. The first-order valence-electron chi connectivity index (χ1n) is 9.93. The van der Waals surface area contributed by atoms with Crippen LogP contribution in [0.2, 0.25) is 0 Å². The number of fused-ring (bicyclic) bond motifs is 2. The van der Waals surface area contributed by atoms with Gasteiger partial charge in [0.2, 0.25) is 0 Å². The van der Waals surface area contributed by atoms with E-state index in [1.165, 1.54) is 6.42 Å². The van der Waals surface area contributed by atoms with Crippen molar-refractivity contribution in [3.63, 3.8) is 0 Å². The maximum Gasteiger partial charge on any atom is 0.411 e. The summed E-state index contributed by atoms with van der Waals surface area (Å²) in [5, 5.41) is 11.2. The average Bonchev–Trinajstić information content (AvgIpc) is 3.02. The highest BCUT2D eigenvalue weighted by Gasteiger charge is 2.62. The Kier molecular flexibility index (Phi) is 4.69. The second-order valence-corrected chi connectivity index (χ2v) is 8.71. The minimum atomic E-state index is -0.381. The van der Waals surface area contributed by atoms with Crippen LogP contribution >= 0.6 is 0 Å². The summed E-state index contributed by atoms with van der Waals surface area (Å²) in [5.41, 5.74) is 2.51. The molecule has 0 aromatic heterocycles. The Hall–Kier alpha value is -2.69. The van der Waals surface area contributed by atoms with Crippen LogP contribution < -0.4 is 5.32 Å². The third kappa shape index (κ3) is 3.30. The number of hydrogen-bond acceptors (Lipinski definition) is 4. The molecule has 2 saturated carbocycles. The van der Waals surface area contributed by atoms with Crippen molar-refractivity contribution in [1.29, 1.82) is 0 Å². The number of rotatable bonds is 4. The number of nitrogens with zero attached hydrogens (tertiary/aromatic N) is 2. The van der Waals surface area contributed by atoms with E-state index in [1.54, 1.807) is 0 Å². The highest BCUT2D eigenvalue weighted by molar-refractivity contribution is 5.85. The maximum atomic E-state index is 12.4. The van der Waals surface area contributed by atoms with Crippen LogP contribution in [0.5, 0.6) is 0 Å². The van der Waals surface area contributed by atoms with E-state index >= 15 is 0 Å². The summed E-state index contributed by atoms with van der Waals surface area (Å²) in [6.45, 7) is 6.90. The Labute approximate surface area is 166 Å². The van der Waals surface area contributed by atoms with Gasteiger partial charge in [-0.3, -0.25) is 5.32 Å². The first kappa shape index (κ1) is 18.7. The van der Waals surface area contributed by atoms with Crippen LogP contribution in [0.1, 0.15) is 40.0 Å². The van der Waals surface area contributed by atoms with Crippen LogP contribution in [0.4, 0.5) is 21.9 Å². The van der Waals surface area contributed by atoms with Crippen LogP contribution in [0.25, 0.3) is 0 Å². The van der Waals surface area contributed by atoms with Crippen LogP contribution in [0.15, 0.2) is 64.8 Å². The Morgan fingerprint density at radius 2 is 1.64 bits per heavy atom. The van der Waals surface area contributed by atoms with Crippen LogP contribution in [-0.4, -0.2) is 12.2 Å². The van der Waals surface area contributed by atoms with Crippen LogP contribution in [-0.2, 0) is 4.74 Å². The van der Waals surface area contributed by atoms with Gasteiger partial charge in [0.25, 0.3) is 0 Å². The normalized spacial score (nSPS) is 27.8. The third-order valence-corrected chi connectivity index (χ3v) is 7.11. The largest absolute Gasteiger partial charge is 0.445 e. The fourth-order valence-electron chi connectivity index (χ4n) is 4.81. The number of hydrogen-bond donors (Lipinski definition) is 1. The monoisotopic (exact) mass is 377 g/mol. The van der Waals surface area contributed by atoms with Crippen molar-refractivity contribution in [2.24, 2.45) is 27.0 Å². The lowest BCUT2D eigenvalue weighted by Crippen LogP contribution is -2.39. The van der Waals surface area contributed by atoms with Gasteiger partial charge in [-0.25, -0.2) is 4.79 Å². The molecule has 2 bridgehead atoms. The Morgan fingerprint density at radius 1 is 1.00 bits per heavy atom.